The molecule has 0 bridgehead atoms. The van der Waals surface area contributed by atoms with Crippen LogP contribution in [0.15, 0.2) is 66.7 Å². The molecule has 5 nitrogen and oxygen atoms in total. The molecular weight excluding hydrogens is 426 g/mol. The molecule has 1 atom stereocenters. The van der Waals surface area contributed by atoms with Gasteiger partial charge in [-0.3, -0.25) is 10.2 Å². The van der Waals surface area contributed by atoms with Crippen LogP contribution < -0.4 is 11.1 Å². The minimum absolute atomic E-state index is 0.0851. The summed E-state index contributed by atoms with van der Waals surface area (Å²) in [4.78, 5) is 12.7. The molecule has 0 saturated carbocycles. The van der Waals surface area contributed by atoms with E-state index >= 15 is 0 Å². The van der Waals surface area contributed by atoms with E-state index in [0.29, 0.717) is 0 Å². The molecule has 0 saturated heterocycles. The molecule has 0 aliphatic heterocycles. The number of nitrogen functional groups attached to an aromatic ring is 1. The van der Waals surface area contributed by atoms with Crippen LogP contribution in [0.1, 0.15) is 38.7 Å². The van der Waals surface area contributed by atoms with Gasteiger partial charge in [0.05, 0.1) is 23.9 Å². The van der Waals surface area contributed by atoms with Crippen molar-refractivity contribution in [3.8, 4) is 0 Å². The molecule has 3 aromatic rings. The van der Waals surface area contributed by atoms with Crippen LogP contribution in [0.4, 0.5) is 23.2 Å². The van der Waals surface area contributed by atoms with E-state index in [0.717, 1.165) is 12.1 Å². The van der Waals surface area contributed by atoms with Gasteiger partial charge in [0.2, 0.25) is 0 Å². The van der Waals surface area contributed by atoms with Crippen molar-refractivity contribution >= 4 is 17.3 Å². The third-order valence-corrected chi connectivity index (χ3v) is 4.83. The van der Waals surface area contributed by atoms with Crippen molar-refractivity contribution in [2.24, 2.45) is 0 Å². The van der Waals surface area contributed by atoms with Gasteiger partial charge in [0.1, 0.15) is 5.82 Å². The van der Waals surface area contributed by atoms with E-state index in [1.165, 1.54) is 54.6 Å². The number of nitrogens with two attached hydrogens (primary N) is 1. The van der Waals surface area contributed by atoms with Crippen molar-refractivity contribution in [2.45, 2.75) is 12.2 Å². The first kappa shape index (κ1) is 23.0. The number of alkyl halides is 3. The number of aliphatic hydroxyl groups excluding tert-OH is 1. The highest BCUT2D eigenvalue weighted by atomic mass is 19.4. The summed E-state index contributed by atoms with van der Waals surface area (Å²) in [5.41, 5.74) is 6.09. The van der Waals surface area contributed by atoms with Crippen molar-refractivity contribution < 1.29 is 27.5 Å². The van der Waals surface area contributed by atoms with Gasteiger partial charge in [-0.25, -0.2) is 4.39 Å². The number of halogens is 4. The predicted molar refractivity (Wildman–Crippen MR) is 112 cm³/mol. The van der Waals surface area contributed by atoms with Gasteiger partial charge in [-0.05, 0) is 48.0 Å². The first-order valence-corrected chi connectivity index (χ1v) is 9.43. The molecule has 0 aliphatic carbocycles. The molecular formula is C23H19F4N3O2. The Labute approximate surface area is 181 Å². The molecule has 1 unspecified atom stereocenters. The SMILES string of the molecule is N=C(c1cccc(F)c1)c1cc(C(=O)NC(CO)c2ccc(C(F)(F)F)cc2)ccc1N. The zero-order valence-electron chi connectivity index (χ0n) is 16.6. The molecule has 0 aromatic heterocycles. The normalized spacial score (nSPS) is 12.3. The Kier molecular flexibility index (Phi) is 6.59. The summed E-state index contributed by atoms with van der Waals surface area (Å²) >= 11 is 0. The molecule has 9 heteroatoms. The molecule has 0 aliphatic rings. The lowest BCUT2D eigenvalue weighted by molar-refractivity contribution is -0.137. The van der Waals surface area contributed by atoms with Crippen molar-refractivity contribution in [1.82, 2.24) is 5.32 Å². The first-order valence-electron chi connectivity index (χ1n) is 9.43. The number of carbonyl (C=O) groups is 1. The summed E-state index contributed by atoms with van der Waals surface area (Å²) in [6.07, 6.45) is -4.50. The highest BCUT2D eigenvalue weighted by molar-refractivity contribution is 6.14. The molecule has 0 heterocycles. The van der Waals surface area contributed by atoms with Crippen molar-refractivity contribution in [2.75, 3.05) is 12.3 Å². The Morgan fingerprint density at radius 3 is 2.31 bits per heavy atom. The van der Waals surface area contributed by atoms with Crippen molar-refractivity contribution in [1.29, 1.82) is 5.41 Å². The minimum atomic E-state index is -4.50. The summed E-state index contributed by atoms with van der Waals surface area (Å²) in [5, 5.41) is 20.5. The maximum Gasteiger partial charge on any atom is 0.416 e. The van der Waals surface area contributed by atoms with E-state index in [1.807, 2.05) is 0 Å². The largest absolute Gasteiger partial charge is 0.416 e. The van der Waals surface area contributed by atoms with E-state index in [1.54, 1.807) is 0 Å². The average Bonchev–Trinajstić information content (AvgIpc) is 2.76. The summed E-state index contributed by atoms with van der Waals surface area (Å²) in [6.45, 7) is -0.544. The summed E-state index contributed by atoms with van der Waals surface area (Å²) in [7, 11) is 0. The Morgan fingerprint density at radius 1 is 1.03 bits per heavy atom. The second-order valence-electron chi connectivity index (χ2n) is 7.02. The molecule has 3 aromatic carbocycles. The number of nitrogens with one attached hydrogen (secondary N) is 2. The van der Waals surface area contributed by atoms with Gasteiger partial charge in [-0.2, -0.15) is 13.2 Å². The smallest absolute Gasteiger partial charge is 0.398 e. The number of benzene rings is 3. The van der Waals surface area contributed by atoms with Crippen LogP contribution in [0.5, 0.6) is 0 Å². The van der Waals surface area contributed by atoms with Gasteiger partial charge in [-0.1, -0.05) is 24.3 Å². The summed E-state index contributed by atoms with van der Waals surface area (Å²) in [5.74, 6) is -1.15. The standard InChI is InChI=1S/C23H19F4N3O2/c24-17-3-1-2-14(10-17)21(29)18-11-15(6-9-19(18)28)22(32)30-20(12-31)13-4-7-16(8-5-13)23(25,26)27/h1-11,20,29,31H,12,28H2,(H,30,32). The average molecular weight is 445 g/mol. The quantitative estimate of drug-likeness (QED) is 0.259. The fourth-order valence-electron chi connectivity index (χ4n) is 3.09. The van der Waals surface area contributed by atoms with E-state index in [2.05, 4.69) is 5.32 Å². The van der Waals surface area contributed by atoms with Crippen LogP contribution in [-0.2, 0) is 6.18 Å². The van der Waals surface area contributed by atoms with E-state index in [9.17, 15) is 27.5 Å². The number of carbonyl (C=O) groups excluding carboxylic acids is 1. The zero-order valence-corrected chi connectivity index (χ0v) is 16.6. The van der Waals surface area contributed by atoms with E-state index in [-0.39, 0.29) is 33.7 Å². The molecule has 3 rings (SSSR count). The molecule has 32 heavy (non-hydrogen) atoms. The molecule has 0 radical (unpaired) electrons. The fraction of sp³-hybridized carbons (Fsp3) is 0.130. The van der Waals surface area contributed by atoms with Gasteiger partial charge in [0, 0.05) is 22.4 Å². The maximum atomic E-state index is 13.5. The number of amides is 1. The second kappa shape index (κ2) is 9.19. The summed E-state index contributed by atoms with van der Waals surface area (Å²) in [6, 6.07) is 12.7. The van der Waals surface area contributed by atoms with Crippen LogP contribution in [0.25, 0.3) is 0 Å². The monoisotopic (exact) mass is 445 g/mol. The lowest BCUT2D eigenvalue weighted by atomic mass is 9.98. The molecule has 0 fully saturated rings. The second-order valence-corrected chi connectivity index (χ2v) is 7.02. The molecule has 5 N–H and O–H groups in total. The Hall–Kier alpha value is -3.72. The topological polar surface area (TPSA) is 99.2 Å². The van der Waals surface area contributed by atoms with Gasteiger partial charge in [0.15, 0.2) is 0 Å². The summed E-state index contributed by atoms with van der Waals surface area (Å²) < 4.78 is 51.7. The number of aliphatic hydroxyl groups is 1. The van der Waals surface area contributed by atoms with Crippen LogP contribution >= 0.6 is 0 Å². The number of hydrogen-bond acceptors (Lipinski definition) is 4. The number of anilines is 1. The lowest BCUT2D eigenvalue weighted by Gasteiger charge is -2.18. The predicted octanol–water partition coefficient (Wildman–Crippen LogP) is 4.31. The van der Waals surface area contributed by atoms with Crippen LogP contribution in [0.3, 0.4) is 0 Å². The van der Waals surface area contributed by atoms with Crippen molar-refractivity contribution in [3.05, 3.63) is 100 Å². The highest BCUT2D eigenvalue weighted by Gasteiger charge is 2.30. The van der Waals surface area contributed by atoms with Gasteiger partial charge >= 0.3 is 6.18 Å². The number of hydrogen-bond donors (Lipinski definition) is 4. The molecule has 0 spiro atoms. The third-order valence-electron chi connectivity index (χ3n) is 4.83. The van der Waals surface area contributed by atoms with E-state index < -0.39 is 36.1 Å². The maximum absolute atomic E-state index is 13.5. The van der Waals surface area contributed by atoms with E-state index in [4.69, 9.17) is 11.1 Å². The Morgan fingerprint density at radius 2 is 1.72 bits per heavy atom. The zero-order chi connectivity index (χ0) is 23.5. The molecule has 1 amide bonds. The highest BCUT2D eigenvalue weighted by Crippen LogP contribution is 2.30. The number of rotatable bonds is 6. The first-order chi connectivity index (χ1) is 15.1. The van der Waals surface area contributed by atoms with Crippen LogP contribution in [0, 0.1) is 11.2 Å². The third kappa shape index (κ3) is 5.12. The van der Waals surface area contributed by atoms with Crippen LogP contribution in [-0.4, -0.2) is 23.3 Å². The molecule has 166 valence electrons. The van der Waals surface area contributed by atoms with Crippen LogP contribution in [0.2, 0.25) is 0 Å². The van der Waals surface area contributed by atoms with Gasteiger partial charge in [-0.15, -0.1) is 0 Å². The van der Waals surface area contributed by atoms with Gasteiger partial charge < -0.3 is 16.2 Å². The van der Waals surface area contributed by atoms with Crippen molar-refractivity contribution in [3.63, 3.8) is 0 Å². The Bertz CT molecular complexity index is 1140. The minimum Gasteiger partial charge on any atom is -0.398 e. The lowest BCUT2D eigenvalue weighted by Crippen LogP contribution is -2.31. The fourth-order valence-corrected chi connectivity index (χ4v) is 3.09. The Balaban J connectivity index is 1.82. The van der Waals surface area contributed by atoms with Gasteiger partial charge in [0.25, 0.3) is 5.91 Å².